The molecule has 0 saturated heterocycles. The molecule has 2 heterocycles. The fraction of sp³-hybridized carbons (Fsp3) is 0.286. The highest BCUT2D eigenvalue weighted by molar-refractivity contribution is 5.92. The Bertz CT molecular complexity index is 1270. The number of halogens is 3. The third-order valence-electron chi connectivity index (χ3n) is 4.77. The minimum absolute atomic E-state index is 0.107. The van der Waals surface area contributed by atoms with Crippen molar-refractivity contribution in [3.8, 4) is 5.75 Å². The molecule has 31 heavy (non-hydrogen) atoms. The molecule has 7 nitrogen and oxygen atoms in total. The summed E-state index contributed by atoms with van der Waals surface area (Å²) in [7, 11) is 0. The second-order valence-corrected chi connectivity index (χ2v) is 7.67. The molecule has 0 atom stereocenters. The second kappa shape index (κ2) is 7.60. The predicted octanol–water partition coefficient (Wildman–Crippen LogP) is 4.69. The lowest BCUT2D eigenvalue weighted by molar-refractivity contribution is -0.274. The Labute approximate surface area is 174 Å². The standard InChI is InChI=1S/C21H19F3N4O3/c1-12(2)9-28-19-14(8-26-28)5-16(31-21(22,23)24)6-15(19)10-27-11-25-17-7-13(20(29)30)3-4-18(17)27/h3-8,11-12H,9-10H2,1-2H3,(H,29,30). The van der Waals surface area contributed by atoms with Gasteiger partial charge in [-0.1, -0.05) is 13.8 Å². The maximum Gasteiger partial charge on any atom is 0.573 e. The van der Waals surface area contributed by atoms with Crippen molar-refractivity contribution in [2.45, 2.75) is 33.3 Å². The van der Waals surface area contributed by atoms with Gasteiger partial charge in [-0.25, -0.2) is 9.78 Å². The number of carboxylic acids is 1. The minimum Gasteiger partial charge on any atom is -0.478 e. The van der Waals surface area contributed by atoms with E-state index in [1.807, 2.05) is 13.8 Å². The van der Waals surface area contributed by atoms with Crippen LogP contribution in [0.5, 0.6) is 5.75 Å². The summed E-state index contributed by atoms with van der Waals surface area (Å²) in [6.45, 7) is 4.86. The van der Waals surface area contributed by atoms with E-state index in [1.165, 1.54) is 36.8 Å². The number of imidazole rings is 1. The molecule has 10 heteroatoms. The summed E-state index contributed by atoms with van der Waals surface area (Å²) in [6, 6.07) is 7.22. The molecule has 0 unspecified atom stereocenters. The first-order valence-electron chi connectivity index (χ1n) is 9.53. The van der Waals surface area contributed by atoms with Gasteiger partial charge in [0, 0.05) is 17.5 Å². The zero-order chi connectivity index (χ0) is 22.3. The lowest BCUT2D eigenvalue weighted by Gasteiger charge is -2.14. The molecule has 0 aliphatic heterocycles. The van der Waals surface area contributed by atoms with Gasteiger partial charge in [0.1, 0.15) is 5.75 Å². The van der Waals surface area contributed by atoms with Crippen molar-refractivity contribution < 1.29 is 27.8 Å². The average Bonchev–Trinajstić information content (AvgIpc) is 3.24. The predicted molar refractivity (Wildman–Crippen MR) is 107 cm³/mol. The number of ether oxygens (including phenoxy) is 1. The van der Waals surface area contributed by atoms with E-state index >= 15 is 0 Å². The van der Waals surface area contributed by atoms with Gasteiger partial charge in [0.05, 0.1) is 41.2 Å². The number of carbonyl (C=O) groups is 1. The van der Waals surface area contributed by atoms with Gasteiger partial charge in [-0.15, -0.1) is 13.2 Å². The van der Waals surface area contributed by atoms with Crippen molar-refractivity contribution >= 4 is 27.9 Å². The normalized spacial score (nSPS) is 12.2. The molecular weight excluding hydrogens is 413 g/mol. The number of rotatable bonds is 6. The van der Waals surface area contributed by atoms with E-state index in [-0.39, 0.29) is 23.8 Å². The summed E-state index contributed by atoms with van der Waals surface area (Å²) >= 11 is 0. The zero-order valence-electron chi connectivity index (χ0n) is 16.7. The molecule has 0 bridgehead atoms. The van der Waals surface area contributed by atoms with E-state index < -0.39 is 12.3 Å². The van der Waals surface area contributed by atoms with E-state index in [0.29, 0.717) is 34.0 Å². The quantitative estimate of drug-likeness (QED) is 0.478. The maximum absolute atomic E-state index is 12.8. The van der Waals surface area contributed by atoms with E-state index in [0.717, 1.165) is 0 Å². The van der Waals surface area contributed by atoms with Crippen LogP contribution in [0.4, 0.5) is 13.2 Å². The SMILES string of the molecule is CC(C)Cn1ncc2cc(OC(F)(F)F)cc(Cn3cnc4cc(C(=O)O)ccc43)c21. The van der Waals surface area contributed by atoms with Gasteiger partial charge >= 0.3 is 12.3 Å². The van der Waals surface area contributed by atoms with Crippen LogP contribution in [0.1, 0.15) is 29.8 Å². The molecule has 0 aliphatic rings. The maximum atomic E-state index is 12.8. The highest BCUT2D eigenvalue weighted by Gasteiger charge is 2.31. The summed E-state index contributed by atoms with van der Waals surface area (Å²) < 4.78 is 46.2. The molecular formula is C21H19F3N4O3. The van der Waals surface area contributed by atoms with Gasteiger partial charge in [0.15, 0.2) is 0 Å². The summed E-state index contributed by atoms with van der Waals surface area (Å²) in [5, 5.41) is 14.0. The molecule has 0 radical (unpaired) electrons. The third-order valence-corrected chi connectivity index (χ3v) is 4.77. The number of alkyl halides is 3. The number of fused-ring (bicyclic) bond motifs is 2. The smallest absolute Gasteiger partial charge is 0.478 e. The summed E-state index contributed by atoms with van der Waals surface area (Å²) in [4.78, 5) is 15.4. The van der Waals surface area contributed by atoms with Gasteiger partial charge in [-0.2, -0.15) is 5.10 Å². The molecule has 2 aromatic carbocycles. The number of aromatic nitrogens is 4. The molecule has 0 spiro atoms. The first-order chi connectivity index (χ1) is 14.6. The number of nitrogens with zero attached hydrogens (tertiary/aromatic N) is 4. The van der Waals surface area contributed by atoms with Crippen LogP contribution in [0.15, 0.2) is 42.9 Å². The Balaban J connectivity index is 1.81. The average molecular weight is 432 g/mol. The third kappa shape index (κ3) is 4.32. The van der Waals surface area contributed by atoms with Crippen LogP contribution in [0, 0.1) is 5.92 Å². The van der Waals surface area contributed by atoms with Crippen LogP contribution < -0.4 is 4.74 Å². The topological polar surface area (TPSA) is 82.2 Å². The Morgan fingerprint density at radius 3 is 2.68 bits per heavy atom. The van der Waals surface area contributed by atoms with E-state index in [1.54, 1.807) is 15.3 Å². The molecule has 0 saturated carbocycles. The fourth-order valence-electron chi connectivity index (χ4n) is 3.60. The van der Waals surface area contributed by atoms with Crippen molar-refractivity contribution in [1.29, 1.82) is 0 Å². The molecule has 0 amide bonds. The summed E-state index contributed by atoms with van der Waals surface area (Å²) in [5.41, 5.74) is 2.55. The molecule has 2 aromatic heterocycles. The van der Waals surface area contributed by atoms with Crippen LogP contribution in [0.25, 0.3) is 21.9 Å². The monoisotopic (exact) mass is 432 g/mol. The molecule has 4 rings (SSSR count). The van der Waals surface area contributed by atoms with E-state index in [4.69, 9.17) is 5.11 Å². The Morgan fingerprint density at radius 1 is 1.23 bits per heavy atom. The fourth-order valence-corrected chi connectivity index (χ4v) is 3.60. The Kier molecular flexibility index (Phi) is 5.08. The first-order valence-corrected chi connectivity index (χ1v) is 9.53. The Morgan fingerprint density at radius 2 is 2.00 bits per heavy atom. The zero-order valence-corrected chi connectivity index (χ0v) is 16.7. The largest absolute Gasteiger partial charge is 0.573 e. The highest BCUT2D eigenvalue weighted by atomic mass is 19.4. The van der Waals surface area contributed by atoms with Gasteiger partial charge in [0.25, 0.3) is 0 Å². The van der Waals surface area contributed by atoms with Crippen LogP contribution in [0.3, 0.4) is 0 Å². The lowest BCUT2D eigenvalue weighted by atomic mass is 10.1. The van der Waals surface area contributed by atoms with Crippen molar-refractivity contribution in [3.05, 3.63) is 54.0 Å². The van der Waals surface area contributed by atoms with Gasteiger partial charge in [0.2, 0.25) is 0 Å². The number of benzene rings is 2. The number of hydrogen-bond acceptors (Lipinski definition) is 4. The van der Waals surface area contributed by atoms with E-state index in [9.17, 15) is 18.0 Å². The van der Waals surface area contributed by atoms with Crippen LogP contribution in [-0.4, -0.2) is 36.8 Å². The van der Waals surface area contributed by atoms with Crippen molar-refractivity contribution in [3.63, 3.8) is 0 Å². The molecule has 4 aromatic rings. The van der Waals surface area contributed by atoms with Crippen molar-refractivity contribution in [2.75, 3.05) is 0 Å². The number of carboxylic acid groups (broad SMARTS) is 1. The van der Waals surface area contributed by atoms with Crippen LogP contribution in [0.2, 0.25) is 0 Å². The summed E-state index contributed by atoms with van der Waals surface area (Å²) in [6.07, 6.45) is -1.76. The molecule has 162 valence electrons. The van der Waals surface area contributed by atoms with Crippen LogP contribution in [-0.2, 0) is 13.1 Å². The van der Waals surface area contributed by atoms with E-state index in [2.05, 4.69) is 14.8 Å². The van der Waals surface area contributed by atoms with Crippen LogP contribution >= 0.6 is 0 Å². The van der Waals surface area contributed by atoms with Gasteiger partial charge in [-0.3, -0.25) is 4.68 Å². The number of aromatic carboxylic acids is 1. The Hall–Kier alpha value is -3.56. The summed E-state index contributed by atoms with van der Waals surface area (Å²) in [5.74, 6) is -1.10. The van der Waals surface area contributed by atoms with Gasteiger partial charge < -0.3 is 14.4 Å². The lowest BCUT2D eigenvalue weighted by Crippen LogP contribution is -2.17. The molecule has 0 fully saturated rings. The molecule has 0 aliphatic carbocycles. The minimum atomic E-state index is -4.81. The van der Waals surface area contributed by atoms with Crippen molar-refractivity contribution in [2.24, 2.45) is 5.92 Å². The number of hydrogen-bond donors (Lipinski definition) is 1. The first kappa shape index (κ1) is 20.7. The second-order valence-electron chi connectivity index (χ2n) is 7.67. The molecule has 1 N–H and O–H groups in total. The van der Waals surface area contributed by atoms with Crippen molar-refractivity contribution in [1.82, 2.24) is 19.3 Å². The van der Waals surface area contributed by atoms with Gasteiger partial charge in [-0.05, 0) is 36.2 Å². The highest BCUT2D eigenvalue weighted by Crippen LogP contribution is 2.31.